The van der Waals surface area contributed by atoms with Crippen molar-refractivity contribution in [3.63, 3.8) is 0 Å². The molecule has 4 heteroatoms. The zero-order valence-corrected chi connectivity index (χ0v) is 43.1. The molecule has 10 aromatic carbocycles. The zero-order valence-electron chi connectivity index (χ0n) is 43.1. The average Bonchev–Trinajstić information content (AvgIpc) is 4.16. The average molecular weight is 955 g/mol. The van der Waals surface area contributed by atoms with Crippen molar-refractivity contribution < 1.29 is 0 Å². The quantitative estimate of drug-likeness (QED) is 0.137. The number of rotatable bonds is 9. The van der Waals surface area contributed by atoms with Gasteiger partial charge in [-0.05, 0) is 205 Å². The third kappa shape index (κ3) is 6.47. The van der Waals surface area contributed by atoms with E-state index < -0.39 is 0 Å². The van der Waals surface area contributed by atoms with E-state index in [4.69, 9.17) is 0 Å². The van der Waals surface area contributed by atoms with Gasteiger partial charge in [0.2, 0.25) is 0 Å². The van der Waals surface area contributed by atoms with Crippen molar-refractivity contribution >= 4 is 87.2 Å². The molecule has 4 aromatic heterocycles. The summed E-state index contributed by atoms with van der Waals surface area (Å²) in [5, 5.41) is 10.3. The van der Waals surface area contributed by atoms with E-state index >= 15 is 0 Å². The summed E-state index contributed by atoms with van der Waals surface area (Å²) in [6.45, 7) is 17.3. The number of fused-ring (bicyclic) bond motifs is 12. The number of aromatic nitrogens is 4. The van der Waals surface area contributed by atoms with Gasteiger partial charge in [0, 0.05) is 113 Å². The molecule has 0 unspecified atom stereocenters. The van der Waals surface area contributed by atoms with Gasteiger partial charge in [-0.3, -0.25) is 0 Å². The summed E-state index contributed by atoms with van der Waals surface area (Å²) in [5.41, 5.74) is 25.0. The molecule has 0 radical (unpaired) electrons. The van der Waals surface area contributed by atoms with E-state index in [0.717, 1.165) is 26.2 Å². The van der Waals surface area contributed by atoms with Gasteiger partial charge >= 0.3 is 0 Å². The SMILES string of the molecule is CCn1c2ccccc2c2cc(-c3cc(-c4cc(-c5ccc6c(c5)c5ccccc5n6CC)c(C)c(-c5ccc6c(c5)c5ccccc5n6CC)c4)cc(-c4ccc5c(c4)c4ccccc4n5CC)c3C)ccc21. The van der Waals surface area contributed by atoms with Crippen LogP contribution < -0.4 is 0 Å². The van der Waals surface area contributed by atoms with Gasteiger partial charge in [-0.1, -0.05) is 97.1 Å². The van der Waals surface area contributed by atoms with E-state index in [2.05, 4.69) is 254 Å². The van der Waals surface area contributed by atoms with E-state index in [1.54, 1.807) is 0 Å². The zero-order chi connectivity index (χ0) is 49.9. The predicted octanol–water partition coefficient (Wildman–Crippen LogP) is 19.1. The maximum absolute atomic E-state index is 2.48. The first kappa shape index (κ1) is 44.1. The Balaban J connectivity index is 1.05. The summed E-state index contributed by atoms with van der Waals surface area (Å²) in [7, 11) is 0. The van der Waals surface area contributed by atoms with Gasteiger partial charge < -0.3 is 18.3 Å². The molecule has 0 fully saturated rings. The van der Waals surface area contributed by atoms with E-state index in [1.807, 2.05) is 0 Å². The van der Waals surface area contributed by atoms with E-state index in [9.17, 15) is 0 Å². The van der Waals surface area contributed by atoms with E-state index in [-0.39, 0.29) is 0 Å². The highest BCUT2D eigenvalue weighted by molar-refractivity contribution is 6.13. The van der Waals surface area contributed by atoms with Crippen molar-refractivity contribution in [2.75, 3.05) is 0 Å². The highest BCUT2D eigenvalue weighted by Crippen LogP contribution is 2.45. The fourth-order valence-corrected chi connectivity index (χ4v) is 13.2. The minimum absolute atomic E-state index is 0.915. The second-order valence-corrected chi connectivity index (χ2v) is 20.4. The molecule has 4 nitrogen and oxygen atoms in total. The van der Waals surface area contributed by atoms with E-state index in [0.29, 0.717) is 0 Å². The van der Waals surface area contributed by atoms with Crippen molar-refractivity contribution in [3.05, 3.63) is 205 Å². The largest absolute Gasteiger partial charge is 0.341 e. The first-order chi connectivity index (χ1) is 36.3. The van der Waals surface area contributed by atoms with Crippen molar-refractivity contribution in [1.29, 1.82) is 0 Å². The molecule has 0 aliphatic carbocycles. The second kappa shape index (κ2) is 17.0. The van der Waals surface area contributed by atoms with Crippen molar-refractivity contribution in [3.8, 4) is 55.6 Å². The van der Waals surface area contributed by atoms with Crippen LogP contribution in [0.1, 0.15) is 38.8 Å². The minimum Gasteiger partial charge on any atom is -0.341 e. The molecule has 74 heavy (non-hydrogen) atoms. The lowest BCUT2D eigenvalue weighted by Crippen LogP contribution is -1.96. The third-order valence-electron chi connectivity index (χ3n) is 16.7. The molecule has 14 rings (SSSR count). The van der Waals surface area contributed by atoms with Gasteiger partial charge in [0.25, 0.3) is 0 Å². The van der Waals surface area contributed by atoms with Crippen LogP contribution in [0.3, 0.4) is 0 Å². The van der Waals surface area contributed by atoms with Crippen LogP contribution in [0, 0.1) is 13.8 Å². The molecule has 0 spiro atoms. The molecule has 0 saturated carbocycles. The Kier molecular flexibility index (Phi) is 10.1. The minimum atomic E-state index is 0.915. The topological polar surface area (TPSA) is 19.7 Å². The number of hydrogen-bond donors (Lipinski definition) is 0. The maximum atomic E-state index is 2.48. The Bertz CT molecular complexity index is 4040. The standard InChI is InChI=1S/C70H58N4/c1-7-71-63-23-15-11-19-51(63)59-35-45(27-31-67(59)71)55-39-49(40-56(43(55)5)46-28-32-68-60(36-46)52-20-12-16-24-64(52)72(68)8-2)50-41-57(47-29-33-69-61(37-47)53-21-13-17-25-65(53)73(69)9-3)44(6)58(42-50)48-30-34-70-62(38-48)54-22-14-18-26-66(54)74(70)10-4/h11-42H,7-10H2,1-6H3. The highest BCUT2D eigenvalue weighted by atomic mass is 15.0. The van der Waals surface area contributed by atoms with Gasteiger partial charge in [0.15, 0.2) is 0 Å². The van der Waals surface area contributed by atoms with Crippen molar-refractivity contribution in [2.45, 2.75) is 67.7 Å². The summed E-state index contributed by atoms with van der Waals surface area (Å²) in [6, 6.07) is 74.1. The monoisotopic (exact) mass is 954 g/mol. The Hall–Kier alpha value is -8.60. The fourth-order valence-electron chi connectivity index (χ4n) is 13.2. The predicted molar refractivity (Wildman–Crippen MR) is 318 cm³/mol. The number of para-hydroxylation sites is 4. The molecule has 0 aliphatic rings. The summed E-state index contributed by atoms with van der Waals surface area (Å²) in [5.74, 6) is 0. The summed E-state index contributed by atoms with van der Waals surface area (Å²) >= 11 is 0. The molecule has 0 saturated heterocycles. The molecule has 0 amide bonds. The Morgan fingerprint density at radius 2 is 0.446 bits per heavy atom. The Morgan fingerprint density at radius 1 is 0.230 bits per heavy atom. The Morgan fingerprint density at radius 3 is 0.676 bits per heavy atom. The van der Waals surface area contributed by atoms with Crippen LogP contribution in [-0.2, 0) is 26.2 Å². The lowest BCUT2D eigenvalue weighted by atomic mass is 9.84. The van der Waals surface area contributed by atoms with Crippen LogP contribution in [-0.4, -0.2) is 18.3 Å². The molecular formula is C70H58N4. The lowest BCUT2D eigenvalue weighted by molar-refractivity contribution is 0.827. The molecule has 0 atom stereocenters. The van der Waals surface area contributed by atoms with Crippen molar-refractivity contribution in [2.24, 2.45) is 0 Å². The lowest BCUT2D eigenvalue weighted by Gasteiger charge is -2.20. The number of nitrogens with zero attached hydrogens (tertiary/aromatic N) is 4. The van der Waals surface area contributed by atoms with Crippen LogP contribution in [0.5, 0.6) is 0 Å². The molecule has 4 heterocycles. The molecular weight excluding hydrogens is 897 g/mol. The fraction of sp³-hybridized carbons (Fsp3) is 0.143. The van der Waals surface area contributed by atoms with Gasteiger partial charge in [-0.25, -0.2) is 0 Å². The first-order valence-electron chi connectivity index (χ1n) is 26.7. The highest BCUT2D eigenvalue weighted by Gasteiger charge is 2.21. The molecule has 0 N–H and O–H groups in total. The molecule has 0 aliphatic heterocycles. The molecule has 358 valence electrons. The van der Waals surface area contributed by atoms with Crippen LogP contribution in [0.25, 0.3) is 143 Å². The third-order valence-corrected chi connectivity index (χ3v) is 16.7. The number of benzene rings is 10. The Labute approximate surface area is 431 Å². The molecule has 0 bridgehead atoms. The van der Waals surface area contributed by atoms with Gasteiger partial charge in [0.1, 0.15) is 0 Å². The molecule has 14 aromatic rings. The number of hydrogen-bond acceptors (Lipinski definition) is 0. The normalized spacial score (nSPS) is 12.1. The van der Waals surface area contributed by atoms with Gasteiger partial charge in [-0.15, -0.1) is 0 Å². The smallest absolute Gasteiger partial charge is 0.0491 e. The number of aryl methyl sites for hydroxylation is 4. The maximum Gasteiger partial charge on any atom is 0.0491 e. The second-order valence-electron chi connectivity index (χ2n) is 20.4. The van der Waals surface area contributed by atoms with Crippen LogP contribution in [0.15, 0.2) is 194 Å². The first-order valence-corrected chi connectivity index (χ1v) is 26.7. The summed E-state index contributed by atoms with van der Waals surface area (Å²) in [6.07, 6.45) is 0. The summed E-state index contributed by atoms with van der Waals surface area (Å²) < 4.78 is 9.81. The van der Waals surface area contributed by atoms with Crippen molar-refractivity contribution in [1.82, 2.24) is 18.3 Å². The summed E-state index contributed by atoms with van der Waals surface area (Å²) in [4.78, 5) is 0. The van der Waals surface area contributed by atoms with Crippen LogP contribution in [0.2, 0.25) is 0 Å². The van der Waals surface area contributed by atoms with Crippen LogP contribution >= 0.6 is 0 Å². The van der Waals surface area contributed by atoms with Gasteiger partial charge in [0.05, 0.1) is 0 Å². The van der Waals surface area contributed by atoms with Crippen LogP contribution in [0.4, 0.5) is 0 Å². The van der Waals surface area contributed by atoms with Gasteiger partial charge in [-0.2, -0.15) is 0 Å². The van der Waals surface area contributed by atoms with E-state index in [1.165, 1.54) is 154 Å².